The van der Waals surface area contributed by atoms with Gasteiger partial charge in [0.25, 0.3) is 0 Å². The van der Waals surface area contributed by atoms with Gasteiger partial charge in [-0.3, -0.25) is 0 Å². The molecule has 1 aromatic carbocycles. The van der Waals surface area contributed by atoms with Crippen LogP contribution in [0.2, 0.25) is 6.04 Å². The highest BCUT2D eigenvalue weighted by Gasteiger charge is 2.17. The summed E-state index contributed by atoms with van der Waals surface area (Å²) in [7, 11) is -0.820. The summed E-state index contributed by atoms with van der Waals surface area (Å²) in [5.41, 5.74) is 1.75. The fraction of sp³-hybridized carbons (Fsp3) is 0.500. The molecular formula is C16H22F2OSi. The number of hydrogen-bond acceptors (Lipinski definition) is 1. The Balaban J connectivity index is 1.89. The summed E-state index contributed by atoms with van der Waals surface area (Å²) in [6.45, 7) is 4.46. The van der Waals surface area contributed by atoms with Crippen molar-refractivity contribution in [2.45, 2.75) is 45.3 Å². The van der Waals surface area contributed by atoms with E-state index in [2.05, 4.69) is 13.0 Å². The first-order chi connectivity index (χ1) is 9.61. The van der Waals surface area contributed by atoms with Crippen LogP contribution in [0.4, 0.5) is 8.78 Å². The van der Waals surface area contributed by atoms with Crippen LogP contribution in [0.25, 0.3) is 0 Å². The third-order valence-electron chi connectivity index (χ3n) is 3.84. The molecule has 1 aliphatic rings. The molecule has 110 valence electrons. The van der Waals surface area contributed by atoms with E-state index in [1.54, 1.807) is 19.1 Å². The smallest absolute Gasteiger partial charge is 0.161 e. The van der Waals surface area contributed by atoms with E-state index in [9.17, 15) is 8.78 Å². The minimum atomic E-state index is -0.820. The molecule has 0 amide bonds. The number of halogens is 2. The van der Waals surface area contributed by atoms with Crippen LogP contribution in [-0.4, -0.2) is 22.2 Å². The molecule has 1 atom stereocenters. The minimum Gasteiger partial charge on any atom is -0.374 e. The first-order valence-electron chi connectivity index (χ1n) is 7.34. The SMILES string of the molecule is CCCC1=CCC(C[SiH2]c2ccc(C)c(F)c2F)OC1. The molecule has 1 aliphatic heterocycles. The molecular weight excluding hydrogens is 274 g/mol. The van der Waals surface area contributed by atoms with Crippen molar-refractivity contribution in [2.24, 2.45) is 0 Å². The van der Waals surface area contributed by atoms with Crippen LogP contribution in [0.15, 0.2) is 23.8 Å². The molecule has 0 aliphatic carbocycles. The van der Waals surface area contributed by atoms with Crippen LogP contribution < -0.4 is 5.19 Å². The van der Waals surface area contributed by atoms with Gasteiger partial charge in [0.1, 0.15) is 0 Å². The summed E-state index contributed by atoms with van der Waals surface area (Å²) in [5, 5.41) is 0.583. The third-order valence-corrected chi connectivity index (χ3v) is 5.85. The lowest BCUT2D eigenvalue weighted by atomic mass is 10.1. The van der Waals surface area contributed by atoms with Crippen molar-refractivity contribution in [1.29, 1.82) is 0 Å². The van der Waals surface area contributed by atoms with E-state index in [1.807, 2.05) is 0 Å². The fourth-order valence-electron chi connectivity index (χ4n) is 2.54. The van der Waals surface area contributed by atoms with E-state index in [0.29, 0.717) is 17.4 Å². The second-order valence-electron chi connectivity index (χ2n) is 5.49. The lowest BCUT2D eigenvalue weighted by Crippen LogP contribution is -2.27. The quantitative estimate of drug-likeness (QED) is 0.599. The Bertz CT molecular complexity index is 499. The maximum absolute atomic E-state index is 13.8. The van der Waals surface area contributed by atoms with E-state index in [0.717, 1.165) is 25.3 Å². The predicted molar refractivity (Wildman–Crippen MR) is 81.4 cm³/mol. The number of hydrogen-bond donors (Lipinski definition) is 0. The molecule has 20 heavy (non-hydrogen) atoms. The Hall–Kier alpha value is -1.00. The van der Waals surface area contributed by atoms with Crippen LogP contribution in [0.3, 0.4) is 0 Å². The normalized spacial score (nSPS) is 19.6. The molecule has 0 aromatic heterocycles. The van der Waals surface area contributed by atoms with Gasteiger partial charge in [0.05, 0.1) is 22.2 Å². The van der Waals surface area contributed by atoms with Crippen LogP contribution in [0, 0.1) is 18.6 Å². The Labute approximate surface area is 121 Å². The largest absolute Gasteiger partial charge is 0.374 e. The van der Waals surface area contributed by atoms with Crippen molar-refractivity contribution in [3.05, 3.63) is 41.0 Å². The van der Waals surface area contributed by atoms with Gasteiger partial charge in [0.2, 0.25) is 0 Å². The summed E-state index contributed by atoms with van der Waals surface area (Å²) in [6.07, 6.45) is 5.60. The molecule has 0 fully saturated rings. The van der Waals surface area contributed by atoms with E-state index in [-0.39, 0.29) is 6.10 Å². The first kappa shape index (κ1) is 15.4. The highest BCUT2D eigenvalue weighted by Crippen LogP contribution is 2.18. The van der Waals surface area contributed by atoms with Crippen molar-refractivity contribution >= 4 is 14.7 Å². The molecule has 0 radical (unpaired) electrons. The van der Waals surface area contributed by atoms with Crippen molar-refractivity contribution in [3.8, 4) is 0 Å². The summed E-state index contributed by atoms with van der Waals surface area (Å²) in [4.78, 5) is 0. The molecule has 0 saturated heterocycles. The zero-order valence-corrected chi connectivity index (χ0v) is 13.6. The molecule has 0 saturated carbocycles. The van der Waals surface area contributed by atoms with E-state index in [1.165, 1.54) is 5.57 Å². The van der Waals surface area contributed by atoms with Gasteiger partial charge in [-0.25, -0.2) is 8.78 Å². The molecule has 2 rings (SSSR count). The predicted octanol–water partition coefficient (Wildman–Crippen LogP) is 3.00. The van der Waals surface area contributed by atoms with Gasteiger partial charge in [-0.1, -0.05) is 31.6 Å². The number of aryl methyl sites for hydroxylation is 1. The zero-order chi connectivity index (χ0) is 14.5. The van der Waals surface area contributed by atoms with Crippen molar-refractivity contribution < 1.29 is 13.5 Å². The maximum atomic E-state index is 13.8. The van der Waals surface area contributed by atoms with Gasteiger partial charge in [0.15, 0.2) is 11.6 Å². The number of benzene rings is 1. The summed E-state index contributed by atoms with van der Waals surface area (Å²) in [5.74, 6) is -1.33. The lowest BCUT2D eigenvalue weighted by Gasteiger charge is -2.22. The number of rotatable bonds is 5. The van der Waals surface area contributed by atoms with Gasteiger partial charge in [0, 0.05) is 0 Å². The monoisotopic (exact) mass is 296 g/mol. The molecule has 0 bridgehead atoms. The van der Waals surface area contributed by atoms with Crippen molar-refractivity contribution in [2.75, 3.05) is 6.61 Å². The Morgan fingerprint density at radius 3 is 2.75 bits per heavy atom. The molecule has 0 N–H and O–H groups in total. The molecule has 1 aromatic rings. The Morgan fingerprint density at radius 2 is 2.10 bits per heavy atom. The first-order valence-corrected chi connectivity index (χ1v) is 9.05. The van der Waals surface area contributed by atoms with Gasteiger partial charge < -0.3 is 4.74 Å². The standard InChI is InChI=1S/C16H22F2OSi/c1-3-4-12-6-7-13(19-9-12)10-20-14-8-5-11(2)15(17)16(14)18/h5-6,8,13H,3-4,7,9-10,20H2,1-2H3. The Morgan fingerprint density at radius 1 is 1.30 bits per heavy atom. The topological polar surface area (TPSA) is 9.23 Å². The second-order valence-corrected chi connectivity index (χ2v) is 7.33. The minimum absolute atomic E-state index is 0.186. The van der Waals surface area contributed by atoms with E-state index < -0.39 is 21.2 Å². The molecule has 1 unspecified atom stereocenters. The maximum Gasteiger partial charge on any atom is 0.161 e. The molecule has 0 spiro atoms. The lowest BCUT2D eigenvalue weighted by molar-refractivity contribution is 0.0740. The van der Waals surface area contributed by atoms with E-state index in [4.69, 9.17) is 4.74 Å². The zero-order valence-electron chi connectivity index (χ0n) is 12.2. The Kier molecular flexibility index (Phi) is 5.49. The van der Waals surface area contributed by atoms with Gasteiger partial charge in [-0.15, -0.1) is 0 Å². The van der Waals surface area contributed by atoms with Crippen molar-refractivity contribution in [3.63, 3.8) is 0 Å². The average molecular weight is 296 g/mol. The van der Waals surface area contributed by atoms with Crippen LogP contribution in [0.1, 0.15) is 31.7 Å². The highest BCUT2D eigenvalue weighted by atomic mass is 28.2. The summed E-state index contributed by atoms with van der Waals surface area (Å²) in [6, 6.07) is 4.28. The average Bonchev–Trinajstić information content (AvgIpc) is 2.46. The fourth-order valence-corrected chi connectivity index (χ4v) is 4.24. The van der Waals surface area contributed by atoms with Gasteiger partial charge >= 0.3 is 0 Å². The van der Waals surface area contributed by atoms with Crippen molar-refractivity contribution in [1.82, 2.24) is 0 Å². The van der Waals surface area contributed by atoms with E-state index >= 15 is 0 Å². The molecule has 1 heterocycles. The summed E-state index contributed by atoms with van der Waals surface area (Å²) < 4.78 is 33.1. The van der Waals surface area contributed by atoms with Crippen LogP contribution in [0.5, 0.6) is 0 Å². The highest BCUT2D eigenvalue weighted by molar-refractivity contribution is 6.53. The molecule has 4 heteroatoms. The van der Waals surface area contributed by atoms with Gasteiger partial charge in [-0.05, 0) is 42.1 Å². The molecule has 1 nitrogen and oxygen atoms in total. The van der Waals surface area contributed by atoms with Crippen LogP contribution >= 0.6 is 0 Å². The third kappa shape index (κ3) is 3.76. The summed E-state index contributed by atoms with van der Waals surface area (Å²) >= 11 is 0. The van der Waals surface area contributed by atoms with Crippen LogP contribution in [-0.2, 0) is 4.74 Å². The van der Waals surface area contributed by atoms with Gasteiger partial charge in [-0.2, -0.15) is 0 Å². The second kappa shape index (κ2) is 7.13. The number of ether oxygens (including phenoxy) is 1.